The monoisotopic (exact) mass is 294 g/mol. The first-order valence-corrected chi connectivity index (χ1v) is 6.95. The van der Waals surface area contributed by atoms with Crippen LogP contribution in [0.15, 0.2) is 24.3 Å². The predicted molar refractivity (Wildman–Crippen MR) is 85.7 cm³/mol. The Hall–Kier alpha value is -2.83. The largest absolute Gasteiger partial charge is 0.496 e. The van der Waals surface area contributed by atoms with Crippen LogP contribution < -0.4 is 4.74 Å². The second-order valence-corrected chi connectivity index (χ2v) is 4.41. The number of carbonyl (C=O) groups is 1. The van der Waals surface area contributed by atoms with Crippen LogP contribution in [0.2, 0.25) is 0 Å². The fourth-order valence-electron chi connectivity index (χ4n) is 1.78. The average molecular weight is 294 g/mol. The zero-order valence-electron chi connectivity index (χ0n) is 12.6. The van der Waals surface area contributed by atoms with Gasteiger partial charge in [-0.2, -0.15) is 0 Å². The van der Waals surface area contributed by atoms with E-state index in [1.807, 2.05) is 6.07 Å². The van der Waals surface area contributed by atoms with Crippen LogP contribution >= 0.6 is 0 Å². The highest BCUT2D eigenvalue weighted by atomic mass is 16.5. The number of ether oxygens (including phenoxy) is 2. The summed E-state index contributed by atoms with van der Waals surface area (Å²) < 4.78 is 10.4. The molecule has 1 unspecified atom stereocenters. The minimum Gasteiger partial charge on any atom is -0.496 e. The summed E-state index contributed by atoms with van der Waals surface area (Å²) in [4.78, 5) is 11.7. The average Bonchev–Trinajstić information content (AvgIpc) is 2.55. The number of esters is 1. The lowest BCUT2D eigenvalue weighted by molar-refractivity contribution is -0.139. The van der Waals surface area contributed by atoms with Crippen molar-refractivity contribution in [2.24, 2.45) is 0 Å². The molecule has 0 amide bonds. The third-order valence-electron chi connectivity index (χ3n) is 2.86. The van der Waals surface area contributed by atoms with Gasteiger partial charge in [-0.3, -0.25) is 0 Å². The highest BCUT2D eigenvalue weighted by Gasteiger charge is 2.16. The van der Waals surface area contributed by atoms with Gasteiger partial charge in [-0.15, -0.1) is 18.8 Å². The predicted octanol–water partition coefficient (Wildman–Crippen LogP) is 3.11. The van der Waals surface area contributed by atoms with Gasteiger partial charge in [0.05, 0.1) is 7.11 Å². The van der Waals surface area contributed by atoms with Crippen LogP contribution in [0.1, 0.15) is 37.4 Å². The summed E-state index contributed by atoms with van der Waals surface area (Å²) in [5, 5.41) is 0. The summed E-state index contributed by atoms with van der Waals surface area (Å²) in [6.45, 7) is 0. The van der Waals surface area contributed by atoms with Crippen LogP contribution in [0, 0.1) is 36.5 Å². The van der Waals surface area contributed by atoms with E-state index in [1.165, 1.54) is 7.11 Å². The Morgan fingerprint density at radius 1 is 1.23 bits per heavy atom. The molecule has 22 heavy (non-hydrogen) atoms. The molecule has 0 aromatic heterocycles. The SMILES string of the molecule is C#CCCCCC#CC(=O)OC(C#C)c1ccccc1OC. The van der Waals surface area contributed by atoms with Crippen molar-refractivity contribution in [3.8, 4) is 42.3 Å². The molecule has 0 fully saturated rings. The minimum atomic E-state index is -0.820. The summed E-state index contributed by atoms with van der Waals surface area (Å²) in [5.41, 5.74) is 0.622. The van der Waals surface area contributed by atoms with Crippen LogP contribution in [-0.2, 0) is 9.53 Å². The third-order valence-corrected chi connectivity index (χ3v) is 2.86. The van der Waals surface area contributed by atoms with E-state index < -0.39 is 12.1 Å². The van der Waals surface area contributed by atoms with E-state index in [9.17, 15) is 4.79 Å². The Morgan fingerprint density at radius 3 is 2.64 bits per heavy atom. The van der Waals surface area contributed by atoms with Crippen molar-refractivity contribution in [3.63, 3.8) is 0 Å². The van der Waals surface area contributed by atoms with Crippen molar-refractivity contribution in [1.29, 1.82) is 0 Å². The van der Waals surface area contributed by atoms with Crippen LogP contribution in [0.25, 0.3) is 0 Å². The third kappa shape index (κ3) is 5.66. The molecule has 1 aromatic carbocycles. The molecule has 0 spiro atoms. The van der Waals surface area contributed by atoms with Crippen LogP contribution in [-0.4, -0.2) is 13.1 Å². The molecule has 3 heteroatoms. The number of methoxy groups -OCH3 is 1. The Kier molecular flexibility index (Phi) is 7.81. The van der Waals surface area contributed by atoms with Gasteiger partial charge >= 0.3 is 5.97 Å². The molecule has 0 aliphatic heterocycles. The molecule has 0 bridgehead atoms. The maximum atomic E-state index is 11.7. The number of hydrogen-bond donors (Lipinski definition) is 0. The lowest BCUT2D eigenvalue weighted by atomic mass is 10.1. The fraction of sp³-hybridized carbons (Fsp3) is 0.316. The van der Waals surface area contributed by atoms with Crippen LogP contribution in [0.4, 0.5) is 0 Å². The van der Waals surface area contributed by atoms with E-state index >= 15 is 0 Å². The van der Waals surface area contributed by atoms with Crippen molar-refractivity contribution in [2.75, 3.05) is 7.11 Å². The molecular formula is C19H18O3. The summed E-state index contributed by atoms with van der Waals surface area (Å²) in [5.74, 6) is 10.1. The van der Waals surface area contributed by atoms with E-state index in [4.69, 9.17) is 22.3 Å². The molecule has 0 radical (unpaired) electrons. The lowest BCUT2D eigenvalue weighted by Crippen LogP contribution is -2.09. The zero-order valence-corrected chi connectivity index (χ0v) is 12.6. The number of hydrogen-bond acceptors (Lipinski definition) is 3. The first-order valence-electron chi connectivity index (χ1n) is 6.95. The minimum absolute atomic E-state index is 0.570. The molecule has 1 atom stereocenters. The summed E-state index contributed by atoms with van der Waals surface area (Å²) in [7, 11) is 1.53. The lowest BCUT2D eigenvalue weighted by Gasteiger charge is -2.14. The van der Waals surface area contributed by atoms with E-state index in [0.717, 1.165) is 19.3 Å². The molecule has 0 saturated carbocycles. The Bertz CT molecular complexity index is 635. The highest BCUT2D eigenvalue weighted by Crippen LogP contribution is 2.26. The first-order chi connectivity index (χ1) is 10.7. The quantitative estimate of drug-likeness (QED) is 0.350. The standard InChI is InChI=1S/C19H18O3/c1-4-6-7-8-9-10-15-19(20)22-17(5-2)16-13-11-12-14-18(16)21-3/h1-2,11-14,17H,6-9H2,3H3. The summed E-state index contributed by atoms with van der Waals surface area (Å²) in [6.07, 6.45) is 12.8. The number of para-hydroxylation sites is 1. The van der Waals surface area contributed by atoms with Gasteiger partial charge in [-0.05, 0) is 18.9 Å². The zero-order chi connectivity index (χ0) is 16.2. The molecule has 0 N–H and O–H groups in total. The number of rotatable bonds is 6. The molecule has 0 saturated heterocycles. The van der Waals surface area contributed by atoms with Gasteiger partial charge in [-0.25, -0.2) is 4.79 Å². The van der Waals surface area contributed by atoms with Crippen molar-refractivity contribution in [3.05, 3.63) is 29.8 Å². The van der Waals surface area contributed by atoms with E-state index in [-0.39, 0.29) is 0 Å². The van der Waals surface area contributed by atoms with Crippen molar-refractivity contribution >= 4 is 5.97 Å². The van der Waals surface area contributed by atoms with Gasteiger partial charge in [0, 0.05) is 24.3 Å². The van der Waals surface area contributed by atoms with E-state index in [2.05, 4.69) is 23.7 Å². The summed E-state index contributed by atoms with van der Waals surface area (Å²) >= 11 is 0. The van der Waals surface area contributed by atoms with Crippen LogP contribution in [0.3, 0.4) is 0 Å². The second kappa shape index (κ2) is 9.98. The fourth-order valence-corrected chi connectivity index (χ4v) is 1.78. The van der Waals surface area contributed by atoms with Gasteiger partial charge in [-0.1, -0.05) is 30.0 Å². The Labute approximate surface area is 132 Å². The summed E-state index contributed by atoms with van der Waals surface area (Å²) in [6, 6.07) is 7.12. The van der Waals surface area contributed by atoms with Gasteiger partial charge in [0.2, 0.25) is 0 Å². The molecular weight excluding hydrogens is 276 g/mol. The Morgan fingerprint density at radius 2 is 1.95 bits per heavy atom. The Balaban J connectivity index is 2.60. The number of terminal acetylenes is 2. The number of benzene rings is 1. The van der Waals surface area contributed by atoms with Gasteiger partial charge < -0.3 is 9.47 Å². The van der Waals surface area contributed by atoms with Crippen molar-refractivity contribution < 1.29 is 14.3 Å². The number of carbonyl (C=O) groups excluding carboxylic acids is 1. The van der Waals surface area contributed by atoms with Gasteiger partial charge in [0.15, 0.2) is 6.10 Å². The molecule has 0 aliphatic carbocycles. The van der Waals surface area contributed by atoms with E-state index in [1.54, 1.807) is 18.2 Å². The smallest absolute Gasteiger partial charge is 0.385 e. The molecule has 112 valence electrons. The van der Waals surface area contributed by atoms with Gasteiger partial charge in [0.25, 0.3) is 0 Å². The topological polar surface area (TPSA) is 35.5 Å². The maximum Gasteiger partial charge on any atom is 0.385 e. The van der Waals surface area contributed by atoms with Crippen molar-refractivity contribution in [1.82, 2.24) is 0 Å². The molecule has 1 rings (SSSR count). The highest BCUT2D eigenvalue weighted by molar-refractivity contribution is 5.88. The number of unbranched alkanes of at least 4 members (excludes halogenated alkanes) is 3. The normalized spacial score (nSPS) is 10.3. The molecule has 0 aliphatic rings. The molecule has 3 nitrogen and oxygen atoms in total. The van der Waals surface area contributed by atoms with E-state index in [0.29, 0.717) is 17.7 Å². The second-order valence-electron chi connectivity index (χ2n) is 4.41. The first kappa shape index (κ1) is 17.2. The van der Waals surface area contributed by atoms with Gasteiger partial charge in [0.1, 0.15) is 5.75 Å². The van der Waals surface area contributed by atoms with Crippen molar-refractivity contribution in [2.45, 2.75) is 31.8 Å². The molecule has 0 heterocycles. The maximum absolute atomic E-state index is 11.7. The van der Waals surface area contributed by atoms with Crippen LogP contribution in [0.5, 0.6) is 5.75 Å². The molecule has 1 aromatic rings.